The van der Waals surface area contributed by atoms with Crippen LogP contribution in [0.15, 0.2) is 0 Å². The van der Waals surface area contributed by atoms with Crippen LogP contribution in [0.1, 0.15) is 39.5 Å². The van der Waals surface area contributed by atoms with Gasteiger partial charge in [0.2, 0.25) is 5.91 Å². The topological polar surface area (TPSA) is 69.6 Å². The van der Waals surface area contributed by atoms with Crippen LogP contribution in [0.2, 0.25) is 0 Å². The van der Waals surface area contributed by atoms with Crippen molar-refractivity contribution in [3.05, 3.63) is 0 Å². The summed E-state index contributed by atoms with van der Waals surface area (Å²) < 4.78 is 0. The van der Waals surface area contributed by atoms with Gasteiger partial charge in [-0.25, -0.2) is 5.01 Å². The zero-order valence-corrected chi connectivity index (χ0v) is 9.95. The molecule has 1 amide bonds. The summed E-state index contributed by atoms with van der Waals surface area (Å²) in [6.07, 6.45) is 3.39. The van der Waals surface area contributed by atoms with E-state index in [9.17, 15) is 9.59 Å². The monoisotopic (exact) mass is 228 g/mol. The fourth-order valence-electron chi connectivity index (χ4n) is 1.70. The number of aliphatic carboxylic acids is 1. The number of nitrogens with zero attached hydrogens (tertiary/aromatic N) is 1. The normalized spacial score (nSPS) is 18.1. The fraction of sp³-hybridized carbons (Fsp3) is 0.818. The van der Waals surface area contributed by atoms with Crippen molar-refractivity contribution in [3.8, 4) is 0 Å². The second-order valence-electron chi connectivity index (χ2n) is 4.95. The van der Waals surface area contributed by atoms with E-state index in [1.54, 1.807) is 13.8 Å². The Labute approximate surface area is 95.8 Å². The first kappa shape index (κ1) is 13.0. The maximum Gasteiger partial charge on any atom is 0.309 e. The zero-order valence-electron chi connectivity index (χ0n) is 9.95. The van der Waals surface area contributed by atoms with Crippen LogP contribution >= 0.6 is 0 Å². The molecule has 1 rings (SSSR count). The molecule has 0 aromatic heterocycles. The van der Waals surface area contributed by atoms with Gasteiger partial charge >= 0.3 is 5.97 Å². The smallest absolute Gasteiger partial charge is 0.309 e. The molecule has 0 spiro atoms. The van der Waals surface area contributed by atoms with E-state index in [4.69, 9.17) is 5.11 Å². The average molecular weight is 228 g/mol. The van der Waals surface area contributed by atoms with E-state index < -0.39 is 11.4 Å². The van der Waals surface area contributed by atoms with Gasteiger partial charge in [-0.3, -0.25) is 15.0 Å². The van der Waals surface area contributed by atoms with E-state index in [-0.39, 0.29) is 12.3 Å². The minimum Gasteiger partial charge on any atom is -0.481 e. The molecule has 0 unspecified atom stereocenters. The molecule has 5 heteroatoms. The predicted molar refractivity (Wildman–Crippen MR) is 59.6 cm³/mol. The summed E-state index contributed by atoms with van der Waals surface area (Å²) in [5.74, 6) is -1.16. The third kappa shape index (κ3) is 3.81. The van der Waals surface area contributed by atoms with E-state index in [1.165, 1.54) is 6.42 Å². The summed E-state index contributed by atoms with van der Waals surface area (Å²) in [5.41, 5.74) is 1.76. The van der Waals surface area contributed by atoms with Crippen LogP contribution in [-0.2, 0) is 9.59 Å². The number of nitrogens with one attached hydrogen (secondary N) is 1. The molecular formula is C11H20N2O3. The Balaban J connectivity index is 2.37. The Hall–Kier alpha value is -1.10. The SMILES string of the molecule is CC(C)(CC(=O)NN1CCCCC1)C(=O)O. The van der Waals surface area contributed by atoms with Gasteiger partial charge in [0, 0.05) is 19.5 Å². The van der Waals surface area contributed by atoms with E-state index in [2.05, 4.69) is 5.43 Å². The van der Waals surface area contributed by atoms with Crippen molar-refractivity contribution in [1.82, 2.24) is 10.4 Å². The average Bonchev–Trinajstić information content (AvgIpc) is 2.17. The van der Waals surface area contributed by atoms with Crippen molar-refractivity contribution in [2.24, 2.45) is 5.41 Å². The molecule has 0 aromatic carbocycles. The molecule has 0 aliphatic carbocycles. The van der Waals surface area contributed by atoms with E-state index >= 15 is 0 Å². The van der Waals surface area contributed by atoms with E-state index in [0.29, 0.717) is 0 Å². The lowest BCUT2D eigenvalue weighted by Crippen LogP contribution is -2.46. The van der Waals surface area contributed by atoms with Gasteiger partial charge in [0.15, 0.2) is 0 Å². The molecule has 2 N–H and O–H groups in total. The van der Waals surface area contributed by atoms with Gasteiger partial charge in [-0.15, -0.1) is 0 Å². The summed E-state index contributed by atoms with van der Waals surface area (Å²) in [7, 11) is 0. The number of carbonyl (C=O) groups excluding carboxylic acids is 1. The summed E-state index contributed by atoms with van der Waals surface area (Å²) >= 11 is 0. The largest absolute Gasteiger partial charge is 0.481 e. The Morgan fingerprint density at radius 1 is 1.25 bits per heavy atom. The number of hydrazine groups is 1. The first-order valence-corrected chi connectivity index (χ1v) is 5.70. The summed E-state index contributed by atoms with van der Waals surface area (Å²) in [6.45, 7) is 4.84. The molecule has 92 valence electrons. The maximum absolute atomic E-state index is 11.6. The summed E-state index contributed by atoms with van der Waals surface area (Å²) in [4.78, 5) is 22.5. The molecule has 1 saturated heterocycles. The van der Waals surface area contributed by atoms with Crippen LogP contribution in [0, 0.1) is 5.41 Å². The Morgan fingerprint density at radius 2 is 1.81 bits per heavy atom. The standard InChI is InChI=1S/C11H20N2O3/c1-11(2,10(15)16)8-9(14)12-13-6-4-3-5-7-13/h3-8H2,1-2H3,(H,12,14)(H,15,16). The quantitative estimate of drug-likeness (QED) is 0.753. The third-order valence-electron chi connectivity index (χ3n) is 2.82. The molecule has 0 aromatic rings. The van der Waals surface area contributed by atoms with Gasteiger partial charge in [0.25, 0.3) is 0 Å². The number of carbonyl (C=O) groups is 2. The van der Waals surface area contributed by atoms with Crippen molar-refractivity contribution < 1.29 is 14.7 Å². The molecule has 1 heterocycles. The number of hydrogen-bond acceptors (Lipinski definition) is 3. The Bertz CT molecular complexity index is 270. The number of rotatable bonds is 4. The fourth-order valence-corrected chi connectivity index (χ4v) is 1.70. The van der Waals surface area contributed by atoms with Crippen molar-refractivity contribution in [1.29, 1.82) is 0 Å². The van der Waals surface area contributed by atoms with E-state index in [1.807, 2.05) is 5.01 Å². The molecule has 1 fully saturated rings. The number of hydrogen-bond donors (Lipinski definition) is 2. The second-order valence-corrected chi connectivity index (χ2v) is 4.95. The van der Waals surface area contributed by atoms with Crippen LogP contribution in [0.5, 0.6) is 0 Å². The predicted octanol–water partition coefficient (Wildman–Crippen LogP) is 1.00. The number of carboxylic acid groups (broad SMARTS) is 1. The molecule has 16 heavy (non-hydrogen) atoms. The highest BCUT2D eigenvalue weighted by atomic mass is 16.4. The molecular weight excluding hydrogens is 208 g/mol. The van der Waals surface area contributed by atoms with Crippen LogP contribution in [0.4, 0.5) is 0 Å². The molecule has 1 aliphatic rings. The van der Waals surface area contributed by atoms with E-state index in [0.717, 1.165) is 25.9 Å². The maximum atomic E-state index is 11.6. The van der Waals surface area contributed by atoms with Gasteiger partial charge in [0.1, 0.15) is 0 Å². The van der Waals surface area contributed by atoms with Gasteiger partial charge < -0.3 is 5.11 Å². The molecule has 5 nitrogen and oxygen atoms in total. The van der Waals surface area contributed by atoms with Crippen molar-refractivity contribution in [2.75, 3.05) is 13.1 Å². The van der Waals surface area contributed by atoms with Crippen molar-refractivity contribution in [3.63, 3.8) is 0 Å². The van der Waals surface area contributed by atoms with Gasteiger partial charge in [-0.2, -0.15) is 0 Å². The van der Waals surface area contributed by atoms with Crippen molar-refractivity contribution >= 4 is 11.9 Å². The highest BCUT2D eigenvalue weighted by molar-refractivity contribution is 5.84. The number of amides is 1. The minimum absolute atomic E-state index is 0.0127. The lowest BCUT2D eigenvalue weighted by molar-refractivity contribution is -0.150. The first-order chi connectivity index (χ1) is 7.42. The van der Waals surface area contributed by atoms with Gasteiger partial charge in [-0.1, -0.05) is 6.42 Å². The zero-order chi connectivity index (χ0) is 12.2. The third-order valence-corrected chi connectivity index (χ3v) is 2.82. The molecule has 0 radical (unpaired) electrons. The lowest BCUT2D eigenvalue weighted by Gasteiger charge is -2.28. The summed E-state index contributed by atoms with van der Waals surface area (Å²) in [6, 6.07) is 0. The van der Waals surface area contributed by atoms with Gasteiger partial charge in [-0.05, 0) is 26.7 Å². The number of carboxylic acids is 1. The molecule has 0 atom stereocenters. The Morgan fingerprint density at radius 3 is 2.31 bits per heavy atom. The van der Waals surface area contributed by atoms with Crippen LogP contribution in [0.3, 0.4) is 0 Å². The lowest BCUT2D eigenvalue weighted by atomic mass is 9.89. The molecule has 1 aliphatic heterocycles. The number of piperidine rings is 1. The summed E-state index contributed by atoms with van der Waals surface area (Å²) in [5, 5.41) is 10.8. The van der Waals surface area contributed by atoms with Crippen LogP contribution < -0.4 is 5.43 Å². The first-order valence-electron chi connectivity index (χ1n) is 5.70. The highest BCUT2D eigenvalue weighted by Crippen LogP contribution is 2.20. The second kappa shape index (κ2) is 5.30. The Kier molecular flexibility index (Phi) is 4.29. The van der Waals surface area contributed by atoms with Crippen LogP contribution in [0.25, 0.3) is 0 Å². The minimum atomic E-state index is -1.00. The van der Waals surface area contributed by atoms with Gasteiger partial charge in [0.05, 0.1) is 5.41 Å². The highest BCUT2D eigenvalue weighted by Gasteiger charge is 2.30. The van der Waals surface area contributed by atoms with Crippen LogP contribution in [-0.4, -0.2) is 35.1 Å². The molecule has 0 saturated carbocycles. The van der Waals surface area contributed by atoms with Crippen molar-refractivity contribution in [2.45, 2.75) is 39.5 Å². The molecule has 0 bridgehead atoms.